The third-order valence-electron chi connectivity index (χ3n) is 4.46. The summed E-state index contributed by atoms with van der Waals surface area (Å²) in [6, 6.07) is 9.49. The number of amides is 2. The highest BCUT2D eigenvalue weighted by Gasteiger charge is 2.24. The molecule has 1 aliphatic heterocycles. The normalized spacial score (nSPS) is 15.8. The molecule has 1 aliphatic rings. The Morgan fingerprint density at radius 3 is 2.27 bits per heavy atom. The van der Waals surface area contributed by atoms with Crippen molar-refractivity contribution in [3.63, 3.8) is 0 Å². The highest BCUT2D eigenvalue weighted by molar-refractivity contribution is 5.97. The van der Waals surface area contributed by atoms with E-state index in [1.807, 2.05) is 37.3 Å². The van der Waals surface area contributed by atoms with E-state index in [2.05, 4.69) is 5.32 Å². The van der Waals surface area contributed by atoms with E-state index in [4.69, 9.17) is 4.74 Å². The van der Waals surface area contributed by atoms with Gasteiger partial charge < -0.3 is 19.9 Å². The van der Waals surface area contributed by atoms with E-state index in [0.717, 1.165) is 11.3 Å². The molecule has 138 valence electrons. The average Bonchev–Trinajstić information content (AvgIpc) is 2.68. The van der Waals surface area contributed by atoms with E-state index in [9.17, 15) is 14.9 Å². The molecule has 7 nitrogen and oxygen atoms in total. The van der Waals surface area contributed by atoms with Crippen LogP contribution < -0.4 is 10.1 Å². The Balaban J connectivity index is 1.97. The van der Waals surface area contributed by atoms with Crippen molar-refractivity contribution in [2.24, 2.45) is 0 Å². The molecular formula is C19H24N4O3. The van der Waals surface area contributed by atoms with Crippen molar-refractivity contribution in [1.29, 1.82) is 5.26 Å². The summed E-state index contributed by atoms with van der Waals surface area (Å²) in [6.45, 7) is 5.33. The molecule has 1 fully saturated rings. The highest BCUT2D eigenvalue weighted by atomic mass is 16.5. The van der Waals surface area contributed by atoms with E-state index in [1.54, 1.807) is 16.9 Å². The van der Waals surface area contributed by atoms with Crippen LogP contribution in [-0.4, -0.2) is 54.9 Å². The number of nitriles is 1. The van der Waals surface area contributed by atoms with Crippen molar-refractivity contribution in [3.8, 4) is 11.8 Å². The van der Waals surface area contributed by atoms with Crippen LogP contribution in [0.25, 0.3) is 0 Å². The molecule has 1 aromatic rings. The van der Waals surface area contributed by atoms with Crippen LogP contribution >= 0.6 is 0 Å². The van der Waals surface area contributed by atoms with Gasteiger partial charge in [-0.05, 0) is 24.6 Å². The van der Waals surface area contributed by atoms with Crippen molar-refractivity contribution >= 4 is 11.8 Å². The predicted molar refractivity (Wildman–Crippen MR) is 97.1 cm³/mol. The lowest BCUT2D eigenvalue weighted by Crippen LogP contribution is -2.50. The van der Waals surface area contributed by atoms with Crippen molar-refractivity contribution in [3.05, 3.63) is 41.6 Å². The third-order valence-corrected chi connectivity index (χ3v) is 4.46. The molecule has 2 amide bonds. The summed E-state index contributed by atoms with van der Waals surface area (Å²) in [7, 11) is 1.61. The van der Waals surface area contributed by atoms with Crippen LogP contribution in [0.5, 0.6) is 5.75 Å². The minimum Gasteiger partial charge on any atom is -0.497 e. The number of nitrogens with one attached hydrogen (secondary N) is 1. The van der Waals surface area contributed by atoms with Crippen LogP contribution in [0.1, 0.15) is 25.5 Å². The molecule has 0 spiro atoms. The van der Waals surface area contributed by atoms with Gasteiger partial charge in [0.2, 0.25) is 5.91 Å². The molecule has 1 aromatic carbocycles. The lowest BCUT2D eigenvalue weighted by Gasteiger charge is -2.34. The Hall–Kier alpha value is -3.01. The van der Waals surface area contributed by atoms with Gasteiger partial charge in [0.15, 0.2) is 0 Å². The number of rotatable bonds is 5. The fourth-order valence-corrected chi connectivity index (χ4v) is 2.73. The molecule has 7 heteroatoms. The summed E-state index contributed by atoms with van der Waals surface area (Å²) in [5.41, 5.74) is 1.07. The van der Waals surface area contributed by atoms with Gasteiger partial charge in [0.25, 0.3) is 5.91 Å². The number of piperazine rings is 1. The summed E-state index contributed by atoms with van der Waals surface area (Å²) in [4.78, 5) is 27.2. The van der Waals surface area contributed by atoms with E-state index >= 15 is 0 Å². The average molecular weight is 356 g/mol. The first-order valence-electron chi connectivity index (χ1n) is 8.51. The monoisotopic (exact) mass is 356 g/mol. The molecule has 0 bridgehead atoms. The molecule has 1 N–H and O–H groups in total. The van der Waals surface area contributed by atoms with Gasteiger partial charge in [-0.15, -0.1) is 0 Å². The van der Waals surface area contributed by atoms with Gasteiger partial charge in [-0.25, -0.2) is 0 Å². The van der Waals surface area contributed by atoms with Crippen molar-refractivity contribution in [2.75, 3.05) is 33.3 Å². The SMILES string of the molecule is COc1ccc(C(C)N/C=C(/C#N)C(=O)N2CCN(C(C)=O)CC2)cc1. The molecule has 0 aliphatic carbocycles. The molecule has 2 rings (SSSR count). The summed E-state index contributed by atoms with van der Waals surface area (Å²) < 4.78 is 5.14. The minimum atomic E-state index is -0.315. The molecule has 26 heavy (non-hydrogen) atoms. The Morgan fingerprint density at radius 1 is 1.19 bits per heavy atom. The molecular weight excluding hydrogens is 332 g/mol. The second-order valence-electron chi connectivity index (χ2n) is 6.13. The molecule has 1 atom stereocenters. The maximum Gasteiger partial charge on any atom is 0.266 e. The topological polar surface area (TPSA) is 85.7 Å². The number of benzene rings is 1. The fourth-order valence-electron chi connectivity index (χ4n) is 2.73. The van der Waals surface area contributed by atoms with E-state index in [0.29, 0.717) is 26.2 Å². The van der Waals surface area contributed by atoms with Crippen molar-refractivity contribution in [1.82, 2.24) is 15.1 Å². The van der Waals surface area contributed by atoms with Crippen LogP contribution in [-0.2, 0) is 9.59 Å². The number of hydrogen-bond acceptors (Lipinski definition) is 5. The summed E-state index contributed by atoms with van der Waals surface area (Å²) in [5, 5.41) is 12.4. The number of methoxy groups -OCH3 is 1. The third kappa shape index (κ3) is 4.76. The van der Waals surface area contributed by atoms with Crippen molar-refractivity contribution in [2.45, 2.75) is 19.9 Å². The Kier molecular flexibility index (Phi) is 6.61. The molecule has 1 unspecified atom stereocenters. The van der Waals surface area contributed by atoms with E-state index in [-0.39, 0.29) is 23.4 Å². The van der Waals surface area contributed by atoms with Gasteiger partial charge in [-0.1, -0.05) is 12.1 Å². The fraction of sp³-hybridized carbons (Fsp3) is 0.421. The molecule has 1 saturated heterocycles. The van der Waals surface area contributed by atoms with Gasteiger partial charge in [0.1, 0.15) is 17.4 Å². The Morgan fingerprint density at radius 2 is 1.77 bits per heavy atom. The molecule has 0 saturated carbocycles. The maximum absolute atomic E-state index is 12.5. The Bertz CT molecular complexity index is 713. The first kappa shape index (κ1) is 19.3. The zero-order chi connectivity index (χ0) is 19.1. The molecule has 0 radical (unpaired) electrons. The van der Waals surface area contributed by atoms with E-state index in [1.165, 1.54) is 13.1 Å². The lowest BCUT2D eigenvalue weighted by atomic mass is 10.1. The van der Waals surface area contributed by atoms with Gasteiger partial charge in [0.05, 0.1) is 7.11 Å². The second-order valence-corrected chi connectivity index (χ2v) is 6.13. The van der Waals surface area contributed by atoms with Crippen LogP contribution in [0.4, 0.5) is 0 Å². The standard InChI is InChI=1S/C19H24N4O3/c1-14(16-4-6-18(26-3)7-5-16)21-13-17(12-20)19(25)23-10-8-22(9-11-23)15(2)24/h4-7,13-14,21H,8-11H2,1-3H3/b17-13-. The first-order chi connectivity index (χ1) is 12.5. The van der Waals surface area contributed by atoms with Gasteiger partial charge in [-0.2, -0.15) is 5.26 Å². The number of hydrogen-bond donors (Lipinski definition) is 1. The summed E-state index contributed by atoms with van der Waals surface area (Å²) in [6.07, 6.45) is 1.47. The number of carbonyl (C=O) groups is 2. The number of ether oxygens (including phenoxy) is 1. The first-order valence-corrected chi connectivity index (χ1v) is 8.51. The zero-order valence-electron chi connectivity index (χ0n) is 15.4. The minimum absolute atomic E-state index is 0.00290. The quantitative estimate of drug-likeness (QED) is 0.637. The number of nitrogens with zero attached hydrogens (tertiary/aromatic N) is 3. The summed E-state index contributed by atoms with van der Waals surface area (Å²) >= 11 is 0. The predicted octanol–water partition coefficient (Wildman–Crippen LogP) is 1.44. The second kappa shape index (κ2) is 8.90. The van der Waals surface area contributed by atoms with Gasteiger partial charge in [-0.3, -0.25) is 9.59 Å². The van der Waals surface area contributed by atoms with Gasteiger partial charge in [0, 0.05) is 45.3 Å². The zero-order valence-corrected chi connectivity index (χ0v) is 15.4. The highest BCUT2D eigenvalue weighted by Crippen LogP contribution is 2.17. The smallest absolute Gasteiger partial charge is 0.266 e. The Labute approximate surface area is 153 Å². The molecule has 0 aromatic heterocycles. The van der Waals surface area contributed by atoms with Crippen molar-refractivity contribution < 1.29 is 14.3 Å². The summed E-state index contributed by atoms with van der Waals surface area (Å²) in [5.74, 6) is 0.461. The van der Waals surface area contributed by atoms with Crippen LogP contribution in [0, 0.1) is 11.3 Å². The van der Waals surface area contributed by atoms with Crippen LogP contribution in [0.2, 0.25) is 0 Å². The van der Waals surface area contributed by atoms with Crippen LogP contribution in [0.3, 0.4) is 0 Å². The van der Waals surface area contributed by atoms with Gasteiger partial charge >= 0.3 is 0 Å². The largest absolute Gasteiger partial charge is 0.497 e. The maximum atomic E-state index is 12.5. The van der Waals surface area contributed by atoms with E-state index < -0.39 is 0 Å². The van der Waals surface area contributed by atoms with Crippen LogP contribution in [0.15, 0.2) is 36.0 Å². The molecule has 1 heterocycles. The lowest BCUT2D eigenvalue weighted by molar-refractivity contribution is -0.136. The number of carbonyl (C=O) groups excluding carboxylic acids is 2.